The molecule has 1 saturated heterocycles. The SMILES string of the molecule is Cc1ccc(S(=O)(=O)OCC(F)(F)[C@H](O)[C@@H]2OC(C)(C)N(C(=O)OC(C)(C)C)[C@H]2CC2CCCCC2)cc1. The second-order valence-electron chi connectivity index (χ2n) is 11.9. The van der Waals surface area contributed by atoms with E-state index in [0.717, 1.165) is 37.7 Å². The predicted molar refractivity (Wildman–Crippen MR) is 137 cm³/mol. The van der Waals surface area contributed by atoms with Crippen LogP contribution in [0, 0.1) is 12.8 Å². The molecule has 11 heteroatoms. The second kappa shape index (κ2) is 11.3. The highest BCUT2D eigenvalue weighted by molar-refractivity contribution is 7.86. The van der Waals surface area contributed by atoms with Gasteiger partial charge in [0.1, 0.15) is 30.1 Å². The molecule has 1 amide bonds. The lowest BCUT2D eigenvalue weighted by atomic mass is 9.82. The fraction of sp³-hybridized carbons (Fsp3) is 0.741. The number of hydrogen-bond donors (Lipinski definition) is 1. The van der Waals surface area contributed by atoms with Gasteiger partial charge in [0.15, 0.2) is 0 Å². The van der Waals surface area contributed by atoms with Crippen LogP contribution >= 0.6 is 0 Å². The molecule has 0 radical (unpaired) electrons. The van der Waals surface area contributed by atoms with Crippen molar-refractivity contribution in [3.05, 3.63) is 29.8 Å². The van der Waals surface area contributed by atoms with E-state index in [-0.39, 0.29) is 10.8 Å². The summed E-state index contributed by atoms with van der Waals surface area (Å²) in [5, 5.41) is 10.9. The maximum absolute atomic E-state index is 15.3. The fourth-order valence-corrected chi connectivity index (χ4v) is 6.13. The molecule has 0 unspecified atom stereocenters. The Kier molecular flexibility index (Phi) is 9.17. The summed E-state index contributed by atoms with van der Waals surface area (Å²) in [5.41, 5.74) is -1.39. The van der Waals surface area contributed by atoms with Gasteiger partial charge in [-0.3, -0.25) is 9.08 Å². The summed E-state index contributed by atoms with van der Waals surface area (Å²) in [5.74, 6) is -3.83. The van der Waals surface area contributed by atoms with E-state index in [4.69, 9.17) is 9.47 Å². The molecule has 8 nitrogen and oxygen atoms in total. The number of halogens is 2. The standard InChI is InChI=1S/C27H41F2NO7S/c1-18-12-14-20(15-13-18)38(33,34)35-17-27(28,29)23(31)22-21(16-19-10-8-7-9-11-19)30(26(5,6)36-22)24(32)37-25(2,3)4/h12-15,19,21-23,31H,7-11,16-17H2,1-6H3/t21-,22+,23+/m0/s1. The number of aliphatic hydroxyl groups excluding tert-OH is 1. The van der Waals surface area contributed by atoms with E-state index in [1.54, 1.807) is 41.5 Å². The van der Waals surface area contributed by atoms with Crippen molar-refractivity contribution in [2.75, 3.05) is 6.61 Å². The van der Waals surface area contributed by atoms with Gasteiger partial charge in [0.05, 0.1) is 10.9 Å². The zero-order valence-corrected chi connectivity index (χ0v) is 23.9. The van der Waals surface area contributed by atoms with E-state index in [1.807, 2.05) is 0 Å². The average Bonchev–Trinajstić information content (AvgIpc) is 3.07. The molecule has 1 aliphatic carbocycles. The Labute approximate surface area is 224 Å². The van der Waals surface area contributed by atoms with Gasteiger partial charge < -0.3 is 14.6 Å². The minimum atomic E-state index is -4.49. The largest absolute Gasteiger partial charge is 0.444 e. The summed E-state index contributed by atoms with van der Waals surface area (Å²) >= 11 is 0. The summed E-state index contributed by atoms with van der Waals surface area (Å²) in [6, 6.07) is 4.68. The van der Waals surface area contributed by atoms with Crippen LogP contribution in [0.15, 0.2) is 29.2 Å². The monoisotopic (exact) mass is 561 g/mol. The number of amides is 1. The van der Waals surface area contributed by atoms with E-state index < -0.39 is 58.3 Å². The van der Waals surface area contributed by atoms with Crippen LogP contribution in [0.1, 0.15) is 78.7 Å². The highest BCUT2D eigenvalue weighted by atomic mass is 32.2. The van der Waals surface area contributed by atoms with E-state index in [0.29, 0.717) is 6.42 Å². The molecule has 1 heterocycles. The van der Waals surface area contributed by atoms with Crippen molar-refractivity contribution in [2.24, 2.45) is 5.92 Å². The number of ether oxygens (including phenoxy) is 2. The third kappa shape index (κ3) is 7.43. The molecule has 1 aromatic rings. The average molecular weight is 562 g/mol. The van der Waals surface area contributed by atoms with Crippen molar-refractivity contribution >= 4 is 16.2 Å². The molecule has 0 bridgehead atoms. The van der Waals surface area contributed by atoms with E-state index in [2.05, 4.69) is 4.18 Å². The van der Waals surface area contributed by atoms with Gasteiger partial charge in [0.2, 0.25) is 0 Å². The quantitative estimate of drug-likeness (QED) is 0.424. The van der Waals surface area contributed by atoms with Crippen molar-refractivity contribution in [3.63, 3.8) is 0 Å². The van der Waals surface area contributed by atoms with Gasteiger partial charge in [-0.15, -0.1) is 0 Å². The number of aliphatic hydroxyl groups is 1. The number of aryl methyl sites for hydroxylation is 1. The van der Waals surface area contributed by atoms with Crippen LogP contribution in [0.4, 0.5) is 13.6 Å². The van der Waals surface area contributed by atoms with Crippen LogP contribution in [-0.2, 0) is 23.8 Å². The Hall–Kier alpha value is -1.82. The smallest absolute Gasteiger partial charge is 0.412 e. The third-order valence-electron chi connectivity index (χ3n) is 7.07. The molecule has 1 N–H and O–H groups in total. The fourth-order valence-electron chi connectivity index (χ4n) is 5.21. The second-order valence-corrected chi connectivity index (χ2v) is 13.5. The van der Waals surface area contributed by atoms with E-state index >= 15 is 8.78 Å². The lowest BCUT2D eigenvalue weighted by Crippen LogP contribution is -2.54. The maximum Gasteiger partial charge on any atom is 0.412 e. The molecule has 2 fully saturated rings. The van der Waals surface area contributed by atoms with Crippen LogP contribution in [0.3, 0.4) is 0 Å². The zero-order valence-electron chi connectivity index (χ0n) is 23.1. The molecule has 0 aromatic heterocycles. The Morgan fingerprint density at radius 3 is 2.29 bits per heavy atom. The first kappa shape index (κ1) is 30.7. The summed E-state index contributed by atoms with van der Waals surface area (Å²) in [6.45, 7) is 8.43. The topological polar surface area (TPSA) is 102 Å². The Morgan fingerprint density at radius 1 is 1.16 bits per heavy atom. The minimum absolute atomic E-state index is 0.165. The molecule has 2 aliphatic rings. The first-order valence-corrected chi connectivity index (χ1v) is 14.6. The summed E-state index contributed by atoms with van der Waals surface area (Å²) in [6.07, 6.45) is 0.575. The normalized spacial score (nSPS) is 23.9. The van der Waals surface area contributed by atoms with Crippen molar-refractivity contribution in [2.45, 2.75) is 120 Å². The summed E-state index contributed by atoms with van der Waals surface area (Å²) < 4.78 is 71.8. The first-order chi connectivity index (χ1) is 17.4. The highest BCUT2D eigenvalue weighted by Crippen LogP contribution is 2.42. The van der Waals surface area contributed by atoms with Crippen molar-refractivity contribution in [1.29, 1.82) is 0 Å². The number of carbonyl (C=O) groups is 1. The maximum atomic E-state index is 15.3. The van der Waals surface area contributed by atoms with Gasteiger partial charge >= 0.3 is 6.09 Å². The minimum Gasteiger partial charge on any atom is -0.444 e. The van der Waals surface area contributed by atoms with Crippen molar-refractivity contribution < 1.29 is 40.8 Å². The van der Waals surface area contributed by atoms with Gasteiger partial charge in [-0.05, 0) is 66.0 Å². The molecule has 216 valence electrons. The number of alkyl halides is 2. The van der Waals surface area contributed by atoms with Gasteiger partial charge in [0.25, 0.3) is 16.0 Å². The molecule has 1 saturated carbocycles. The van der Waals surface area contributed by atoms with Crippen LogP contribution in [-0.4, -0.2) is 66.6 Å². The molecule has 38 heavy (non-hydrogen) atoms. The number of carbonyl (C=O) groups excluding carboxylic acids is 1. The van der Waals surface area contributed by atoms with Crippen LogP contribution < -0.4 is 0 Å². The summed E-state index contributed by atoms with van der Waals surface area (Å²) in [4.78, 5) is 14.3. The lowest BCUT2D eigenvalue weighted by Gasteiger charge is -2.37. The summed E-state index contributed by atoms with van der Waals surface area (Å²) in [7, 11) is -4.49. The molecule has 1 aromatic carbocycles. The Balaban J connectivity index is 1.84. The molecular weight excluding hydrogens is 520 g/mol. The van der Waals surface area contributed by atoms with E-state index in [1.165, 1.54) is 29.2 Å². The van der Waals surface area contributed by atoms with Gasteiger partial charge in [-0.2, -0.15) is 8.42 Å². The van der Waals surface area contributed by atoms with Crippen LogP contribution in [0.25, 0.3) is 0 Å². The number of nitrogens with zero attached hydrogens (tertiary/aromatic N) is 1. The van der Waals surface area contributed by atoms with Crippen molar-refractivity contribution in [1.82, 2.24) is 4.90 Å². The van der Waals surface area contributed by atoms with Gasteiger partial charge in [-0.1, -0.05) is 49.8 Å². The van der Waals surface area contributed by atoms with Crippen LogP contribution in [0.5, 0.6) is 0 Å². The van der Waals surface area contributed by atoms with Crippen LogP contribution in [0.2, 0.25) is 0 Å². The molecule has 1 aliphatic heterocycles. The van der Waals surface area contributed by atoms with E-state index in [9.17, 15) is 18.3 Å². The zero-order chi connectivity index (χ0) is 28.5. The number of hydrogen-bond acceptors (Lipinski definition) is 7. The van der Waals surface area contributed by atoms with Gasteiger partial charge in [-0.25, -0.2) is 13.6 Å². The Bertz CT molecular complexity index is 1060. The molecule has 0 spiro atoms. The lowest BCUT2D eigenvalue weighted by molar-refractivity contribution is -0.188. The number of benzene rings is 1. The number of rotatable bonds is 8. The van der Waals surface area contributed by atoms with Crippen molar-refractivity contribution in [3.8, 4) is 0 Å². The first-order valence-electron chi connectivity index (χ1n) is 13.1. The van der Waals surface area contributed by atoms with Gasteiger partial charge in [0, 0.05) is 0 Å². The highest BCUT2D eigenvalue weighted by Gasteiger charge is 2.58. The third-order valence-corrected chi connectivity index (χ3v) is 8.34. The molecule has 3 atom stereocenters. The predicted octanol–water partition coefficient (Wildman–Crippen LogP) is 5.41. The molecule has 3 rings (SSSR count). The Morgan fingerprint density at radius 2 is 1.74 bits per heavy atom. The molecular formula is C27H41F2NO7S.